The van der Waals surface area contributed by atoms with E-state index in [2.05, 4.69) is 0 Å². The molecule has 0 saturated heterocycles. The van der Waals surface area contributed by atoms with Gasteiger partial charge < -0.3 is 14.7 Å². The van der Waals surface area contributed by atoms with Gasteiger partial charge in [0.25, 0.3) is 11.5 Å². The molecule has 1 aliphatic heterocycles. The van der Waals surface area contributed by atoms with Crippen molar-refractivity contribution in [2.24, 2.45) is 4.99 Å². The largest absolute Gasteiger partial charge is 0.508 e. The Kier molecular flexibility index (Phi) is 6.91. The van der Waals surface area contributed by atoms with E-state index in [4.69, 9.17) is 9.73 Å². The standard InChI is InChI=1S/C30H29N3O4S/c1-5-32(6-2)29(36)25-18(3)31-30-33(28(35)24(38-30)17-19-11-14-21(34)15-12-19)27(25)26-22-10-8-7-9-20(22)13-16-23(26)37-4/h7-17,27,34H,5-6H2,1-4H3/b24-17+/t27-/m1/s1. The van der Waals surface area contributed by atoms with Gasteiger partial charge in [-0.05, 0) is 61.4 Å². The number of nitrogens with zero attached hydrogens (tertiary/aromatic N) is 3. The average molecular weight is 528 g/mol. The minimum absolute atomic E-state index is 0.149. The molecule has 0 aliphatic carbocycles. The molecule has 0 bridgehead atoms. The fourth-order valence-electron chi connectivity index (χ4n) is 5.01. The van der Waals surface area contributed by atoms with E-state index in [1.807, 2.05) is 57.2 Å². The fraction of sp³-hybridized carbons (Fsp3) is 0.233. The van der Waals surface area contributed by atoms with Crippen LogP contribution in [0.1, 0.15) is 37.9 Å². The third-order valence-electron chi connectivity index (χ3n) is 6.92. The van der Waals surface area contributed by atoms with Crippen LogP contribution in [0.5, 0.6) is 11.5 Å². The maximum Gasteiger partial charge on any atom is 0.271 e. The quantitative estimate of drug-likeness (QED) is 0.411. The number of rotatable bonds is 6. The molecule has 1 aliphatic rings. The first-order valence-corrected chi connectivity index (χ1v) is 13.4. The molecule has 0 radical (unpaired) electrons. The second-order valence-corrected chi connectivity index (χ2v) is 10.1. The maximum atomic E-state index is 14.0. The number of carbonyl (C=O) groups is 1. The Bertz CT molecular complexity index is 1750. The summed E-state index contributed by atoms with van der Waals surface area (Å²) in [6.45, 7) is 6.79. The van der Waals surface area contributed by atoms with Gasteiger partial charge in [0.05, 0.1) is 22.9 Å². The van der Waals surface area contributed by atoms with Crippen LogP contribution in [0.2, 0.25) is 0 Å². The van der Waals surface area contributed by atoms with Crippen molar-refractivity contribution in [2.75, 3.05) is 20.2 Å². The number of hydrogen-bond acceptors (Lipinski definition) is 6. The number of allylic oxidation sites excluding steroid dienone is 1. The number of amides is 1. The third-order valence-corrected chi connectivity index (χ3v) is 7.90. The van der Waals surface area contributed by atoms with Gasteiger partial charge in [-0.25, -0.2) is 4.99 Å². The number of methoxy groups -OCH3 is 1. The van der Waals surface area contributed by atoms with Gasteiger partial charge in [0.15, 0.2) is 4.80 Å². The lowest BCUT2D eigenvalue weighted by molar-refractivity contribution is -0.127. The minimum atomic E-state index is -0.720. The fourth-order valence-corrected chi connectivity index (χ4v) is 6.05. The molecule has 194 valence electrons. The molecule has 1 atom stereocenters. The minimum Gasteiger partial charge on any atom is -0.508 e. The second kappa shape index (κ2) is 10.3. The van der Waals surface area contributed by atoms with E-state index in [0.717, 1.165) is 21.9 Å². The molecule has 1 aromatic heterocycles. The molecule has 3 aromatic carbocycles. The summed E-state index contributed by atoms with van der Waals surface area (Å²) in [4.78, 5) is 35.0. The molecule has 0 unspecified atom stereocenters. The van der Waals surface area contributed by atoms with Crippen LogP contribution in [-0.4, -0.2) is 40.7 Å². The molecule has 8 heteroatoms. The molecule has 38 heavy (non-hydrogen) atoms. The lowest BCUT2D eigenvalue weighted by Crippen LogP contribution is -2.43. The van der Waals surface area contributed by atoms with Crippen LogP contribution < -0.4 is 19.6 Å². The Morgan fingerprint density at radius 2 is 1.82 bits per heavy atom. The lowest BCUT2D eigenvalue weighted by Gasteiger charge is -2.30. The number of ether oxygens (including phenoxy) is 1. The number of likely N-dealkylation sites (N-methyl/N-ethyl adjacent to an activating group) is 1. The number of aromatic hydroxyl groups is 1. The van der Waals surface area contributed by atoms with Crippen LogP contribution in [0, 0.1) is 0 Å². The van der Waals surface area contributed by atoms with Gasteiger partial charge >= 0.3 is 0 Å². The summed E-state index contributed by atoms with van der Waals surface area (Å²) >= 11 is 1.28. The lowest BCUT2D eigenvalue weighted by atomic mass is 9.90. The molecule has 7 nitrogen and oxygen atoms in total. The van der Waals surface area contributed by atoms with E-state index in [1.54, 1.807) is 46.9 Å². The summed E-state index contributed by atoms with van der Waals surface area (Å²) in [5, 5.41) is 11.5. The molecule has 1 N–H and O–H groups in total. The molecule has 4 aromatic rings. The van der Waals surface area contributed by atoms with Crippen molar-refractivity contribution in [3.63, 3.8) is 0 Å². The average Bonchev–Trinajstić information content (AvgIpc) is 3.23. The van der Waals surface area contributed by atoms with Crippen LogP contribution >= 0.6 is 11.3 Å². The van der Waals surface area contributed by atoms with Crippen LogP contribution in [0.15, 0.2) is 81.7 Å². The molecule has 0 fully saturated rings. The number of phenols is 1. The molecule has 0 saturated carbocycles. The van der Waals surface area contributed by atoms with Crippen molar-refractivity contribution in [3.8, 4) is 11.5 Å². The first-order valence-electron chi connectivity index (χ1n) is 12.5. The number of thiazole rings is 1. The van der Waals surface area contributed by atoms with Crippen molar-refractivity contribution >= 4 is 34.1 Å². The predicted octanol–water partition coefficient (Wildman–Crippen LogP) is 3.97. The van der Waals surface area contributed by atoms with Crippen LogP contribution in [0.3, 0.4) is 0 Å². The van der Waals surface area contributed by atoms with Crippen molar-refractivity contribution in [3.05, 3.63) is 103 Å². The van der Waals surface area contributed by atoms with Crippen molar-refractivity contribution in [1.82, 2.24) is 9.47 Å². The van der Waals surface area contributed by atoms with E-state index in [1.165, 1.54) is 11.3 Å². The number of fused-ring (bicyclic) bond motifs is 2. The van der Waals surface area contributed by atoms with E-state index < -0.39 is 6.04 Å². The zero-order valence-electron chi connectivity index (χ0n) is 21.8. The van der Waals surface area contributed by atoms with Gasteiger partial charge in [0.2, 0.25) is 0 Å². The number of carbonyl (C=O) groups excluding carboxylic acids is 1. The van der Waals surface area contributed by atoms with Crippen molar-refractivity contribution in [2.45, 2.75) is 26.8 Å². The number of aromatic nitrogens is 1. The zero-order chi connectivity index (χ0) is 27.0. The van der Waals surface area contributed by atoms with E-state index >= 15 is 0 Å². The molecule has 5 rings (SSSR count). The zero-order valence-corrected chi connectivity index (χ0v) is 22.6. The van der Waals surface area contributed by atoms with Gasteiger partial charge in [-0.1, -0.05) is 53.8 Å². The number of hydrogen-bond donors (Lipinski definition) is 1. The second-order valence-electron chi connectivity index (χ2n) is 9.05. The summed E-state index contributed by atoms with van der Waals surface area (Å²) in [5.41, 5.74) is 2.35. The first-order chi connectivity index (χ1) is 18.4. The summed E-state index contributed by atoms with van der Waals surface area (Å²) in [5.74, 6) is 0.604. The Labute approximate surface area is 224 Å². The molecular formula is C30H29N3O4S. The Hall–Kier alpha value is -4.17. The first kappa shape index (κ1) is 25.5. The monoisotopic (exact) mass is 527 g/mol. The third kappa shape index (κ3) is 4.31. The summed E-state index contributed by atoms with van der Waals surface area (Å²) in [6.07, 6.45) is 1.78. The normalized spacial score (nSPS) is 15.4. The van der Waals surface area contributed by atoms with Crippen molar-refractivity contribution < 1.29 is 14.6 Å². The van der Waals surface area contributed by atoms with E-state index in [9.17, 15) is 14.7 Å². The summed E-state index contributed by atoms with van der Waals surface area (Å²) < 4.78 is 7.95. The molecule has 2 heterocycles. The highest BCUT2D eigenvalue weighted by Gasteiger charge is 2.36. The van der Waals surface area contributed by atoms with Gasteiger partial charge in [-0.3, -0.25) is 14.2 Å². The van der Waals surface area contributed by atoms with Gasteiger partial charge in [-0.2, -0.15) is 0 Å². The highest BCUT2D eigenvalue weighted by atomic mass is 32.1. The summed E-state index contributed by atoms with van der Waals surface area (Å²) in [7, 11) is 1.60. The molecule has 1 amide bonds. The van der Waals surface area contributed by atoms with E-state index in [-0.39, 0.29) is 17.2 Å². The summed E-state index contributed by atoms with van der Waals surface area (Å²) in [6, 6.07) is 17.7. The highest BCUT2D eigenvalue weighted by molar-refractivity contribution is 7.07. The number of phenolic OH excluding ortho intramolecular Hbond substituents is 1. The van der Waals surface area contributed by atoms with E-state index in [0.29, 0.717) is 39.4 Å². The van der Waals surface area contributed by atoms with Crippen LogP contribution in [0.25, 0.3) is 16.8 Å². The van der Waals surface area contributed by atoms with Gasteiger partial charge in [0, 0.05) is 18.7 Å². The van der Waals surface area contributed by atoms with Gasteiger partial charge in [-0.15, -0.1) is 0 Å². The molecule has 0 spiro atoms. The molecular weight excluding hydrogens is 498 g/mol. The smallest absolute Gasteiger partial charge is 0.271 e. The van der Waals surface area contributed by atoms with Crippen LogP contribution in [-0.2, 0) is 4.79 Å². The Balaban J connectivity index is 1.85. The maximum absolute atomic E-state index is 14.0. The van der Waals surface area contributed by atoms with Crippen molar-refractivity contribution in [1.29, 1.82) is 0 Å². The SMILES string of the molecule is CCN(CC)C(=O)C1=C(C)N=c2s/c(=C/c3ccc(O)cc3)c(=O)n2[C@H]1c1c(OC)ccc2ccccc12. The predicted molar refractivity (Wildman–Crippen MR) is 150 cm³/mol. The number of benzene rings is 3. The Morgan fingerprint density at radius 1 is 1.11 bits per heavy atom. The van der Waals surface area contributed by atoms with Crippen LogP contribution in [0.4, 0.5) is 0 Å². The van der Waals surface area contributed by atoms with Gasteiger partial charge in [0.1, 0.15) is 17.5 Å². The topological polar surface area (TPSA) is 84.1 Å². The Morgan fingerprint density at radius 3 is 2.50 bits per heavy atom. The highest BCUT2D eigenvalue weighted by Crippen LogP contribution is 2.40.